The monoisotopic (exact) mass is 252 g/mol. The summed E-state index contributed by atoms with van der Waals surface area (Å²) < 4.78 is 5.59. The molecule has 0 aromatic carbocycles. The Kier molecular flexibility index (Phi) is 5.58. The molecule has 0 bridgehead atoms. The number of hydrogen-bond donors (Lipinski definition) is 2. The van der Waals surface area contributed by atoms with Crippen LogP contribution in [-0.4, -0.2) is 28.2 Å². The highest BCUT2D eigenvalue weighted by atomic mass is 16.5. The fourth-order valence-corrected chi connectivity index (χ4v) is 1.25. The lowest BCUT2D eigenvalue weighted by Gasteiger charge is -2.12. The number of aliphatic hydroxyl groups is 1. The maximum Gasteiger partial charge on any atom is 0.248 e. The Morgan fingerprint density at radius 1 is 1.56 bits per heavy atom. The number of nitrogens with zero attached hydrogens (tertiary/aromatic N) is 1. The van der Waals surface area contributed by atoms with Crippen LogP contribution in [0.3, 0.4) is 0 Å². The SMILES string of the molecule is CCC(C)Oc1cc(CNC(=O)C(C)O)ccn1. The van der Waals surface area contributed by atoms with Crippen LogP contribution in [0.5, 0.6) is 5.88 Å². The number of nitrogens with one attached hydrogen (secondary N) is 1. The lowest BCUT2D eigenvalue weighted by molar-refractivity contribution is -0.128. The number of amides is 1. The van der Waals surface area contributed by atoms with Crippen molar-refractivity contribution in [3.05, 3.63) is 23.9 Å². The predicted octanol–water partition coefficient (Wildman–Crippen LogP) is 1.26. The number of rotatable bonds is 6. The van der Waals surface area contributed by atoms with Gasteiger partial charge in [0.15, 0.2) is 0 Å². The average Bonchev–Trinajstić information content (AvgIpc) is 2.36. The molecule has 0 aliphatic heterocycles. The van der Waals surface area contributed by atoms with E-state index in [9.17, 15) is 4.79 Å². The number of pyridine rings is 1. The molecular formula is C13H20N2O3. The van der Waals surface area contributed by atoms with Gasteiger partial charge in [0.2, 0.25) is 11.8 Å². The van der Waals surface area contributed by atoms with Crippen LogP contribution in [-0.2, 0) is 11.3 Å². The van der Waals surface area contributed by atoms with Gasteiger partial charge in [-0.05, 0) is 31.9 Å². The van der Waals surface area contributed by atoms with Crippen LogP contribution >= 0.6 is 0 Å². The molecule has 100 valence electrons. The first-order valence-electron chi connectivity index (χ1n) is 6.10. The van der Waals surface area contributed by atoms with Crippen molar-refractivity contribution in [3.63, 3.8) is 0 Å². The van der Waals surface area contributed by atoms with Crippen molar-refractivity contribution in [2.24, 2.45) is 0 Å². The average molecular weight is 252 g/mol. The summed E-state index contributed by atoms with van der Waals surface area (Å²) in [7, 11) is 0. The van der Waals surface area contributed by atoms with Gasteiger partial charge in [0.1, 0.15) is 6.10 Å². The Balaban J connectivity index is 2.57. The lowest BCUT2D eigenvalue weighted by Crippen LogP contribution is -2.31. The van der Waals surface area contributed by atoms with Crippen molar-refractivity contribution in [1.29, 1.82) is 0 Å². The normalized spacial score (nSPS) is 13.8. The standard InChI is InChI=1S/C13H20N2O3/c1-4-9(2)18-12-7-11(5-6-14-12)8-15-13(17)10(3)16/h5-7,9-10,16H,4,8H2,1-3H3,(H,15,17). The van der Waals surface area contributed by atoms with E-state index in [4.69, 9.17) is 9.84 Å². The van der Waals surface area contributed by atoms with Crippen molar-refractivity contribution in [2.75, 3.05) is 0 Å². The molecule has 1 aromatic rings. The summed E-state index contributed by atoms with van der Waals surface area (Å²) in [5.41, 5.74) is 0.886. The molecular weight excluding hydrogens is 232 g/mol. The lowest BCUT2D eigenvalue weighted by atomic mass is 10.2. The zero-order chi connectivity index (χ0) is 13.5. The second-order valence-electron chi connectivity index (χ2n) is 4.23. The van der Waals surface area contributed by atoms with Gasteiger partial charge in [0.05, 0.1) is 6.10 Å². The maximum atomic E-state index is 11.2. The molecule has 2 atom stereocenters. The zero-order valence-electron chi connectivity index (χ0n) is 11.0. The Labute approximate surface area is 107 Å². The van der Waals surface area contributed by atoms with Gasteiger partial charge in [0, 0.05) is 18.8 Å². The van der Waals surface area contributed by atoms with Gasteiger partial charge in [0.25, 0.3) is 0 Å². The van der Waals surface area contributed by atoms with Crippen molar-refractivity contribution in [1.82, 2.24) is 10.3 Å². The second-order valence-corrected chi connectivity index (χ2v) is 4.23. The molecule has 0 radical (unpaired) electrons. The second kappa shape index (κ2) is 6.96. The topological polar surface area (TPSA) is 71.5 Å². The van der Waals surface area contributed by atoms with Crippen LogP contribution in [0.4, 0.5) is 0 Å². The fraction of sp³-hybridized carbons (Fsp3) is 0.538. The third-order valence-corrected chi connectivity index (χ3v) is 2.54. The summed E-state index contributed by atoms with van der Waals surface area (Å²) in [5.74, 6) is 0.157. The first-order valence-corrected chi connectivity index (χ1v) is 6.10. The molecule has 5 heteroatoms. The molecule has 0 aliphatic rings. The van der Waals surface area contributed by atoms with E-state index in [-0.39, 0.29) is 6.10 Å². The summed E-state index contributed by atoms with van der Waals surface area (Å²) in [6.07, 6.45) is 1.66. The van der Waals surface area contributed by atoms with Gasteiger partial charge in [-0.3, -0.25) is 4.79 Å². The number of carbonyl (C=O) groups is 1. The van der Waals surface area contributed by atoms with Crippen molar-refractivity contribution < 1.29 is 14.6 Å². The summed E-state index contributed by atoms with van der Waals surface area (Å²) in [6.45, 7) is 5.80. The van der Waals surface area contributed by atoms with Crippen LogP contribution in [0, 0.1) is 0 Å². The van der Waals surface area contributed by atoms with Gasteiger partial charge < -0.3 is 15.2 Å². The van der Waals surface area contributed by atoms with Crippen molar-refractivity contribution in [3.8, 4) is 5.88 Å². The quantitative estimate of drug-likeness (QED) is 0.799. The molecule has 1 amide bonds. The highest BCUT2D eigenvalue weighted by Gasteiger charge is 2.08. The highest BCUT2D eigenvalue weighted by Crippen LogP contribution is 2.12. The number of aliphatic hydroxyl groups excluding tert-OH is 1. The number of hydrogen-bond acceptors (Lipinski definition) is 4. The molecule has 0 aliphatic carbocycles. The van der Waals surface area contributed by atoms with Crippen LogP contribution in [0.2, 0.25) is 0 Å². The van der Waals surface area contributed by atoms with Crippen molar-refractivity contribution >= 4 is 5.91 Å². The van der Waals surface area contributed by atoms with Crippen LogP contribution in [0.1, 0.15) is 32.8 Å². The Morgan fingerprint density at radius 2 is 2.28 bits per heavy atom. The molecule has 18 heavy (non-hydrogen) atoms. The van der Waals surface area contributed by atoms with E-state index in [2.05, 4.69) is 10.3 Å². The van der Waals surface area contributed by atoms with E-state index in [1.165, 1.54) is 6.92 Å². The molecule has 0 saturated carbocycles. The van der Waals surface area contributed by atoms with E-state index in [0.717, 1.165) is 12.0 Å². The molecule has 0 spiro atoms. The minimum Gasteiger partial charge on any atom is -0.475 e. The van der Waals surface area contributed by atoms with Crippen LogP contribution in [0.15, 0.2) is 18.3 Å². The fourth-order valence-electron chi connectivity index (χ4n) is 1.25. The third kappa shape index (κ3) is 4.71. The number of ether oxygens (including phenoxy) is 1. The molecule has 0 saturated heterocycles. The smallest absolute Gasteiger partial charge is 0.248 e. The molecule has 1 rings (SSSR count). The molecule has 1 aromatic heterocycles. The van der Waals surface area contributed by atoms with Crippen LogP contribution in [0.25, 0.3) is 0 Å². The van der Waals surface area contributed by atoms with E-state index in [1.807, 2.05) is 13.8 Å². The largest absolute Gasteiger partial charge is 0.475 e. The maximum absolute atomic E-state index is 11.2. The van der Waals surface area contributed by atoms with E-state index >= 15 is 0 Å². The number of aromatic nitrogens is 1. The summed E-state index contributed by atoms with van der Waals surface area (Å²) in [6, 6.07) is 3.58. The minimum atomic E-state index is -0.998. The van der Waals surface area contributed by atoms with E-state index in [0.29, 0.717) is 12.4 Å². The first kappa shape index (κ1) is 14.4. The third-order valence-electron chi connectivity index (χ3n) is 2.54. The first-order chi connectivity index (χ1) is 8.52. The Hall–Kier alpha value is -1.62. The van der Waals surface area contributed by atoms with Gasteiger partial charge in [-0.2, -0.15) is 0 Å². The van der Waals surface area contributed by atoms with Gasteiger partial charge in [-0.25, -0.2) is 4.98 Å². The zero-order valence-corrected chi connectivity index (χ0v) is 11.0. The number of carbonyl (C=O) groups excluding carboxylic acids is 1. The van der Waals surface area contributed by atoms with Crippen LogP contribution < -0.4 is 10.1 Å². The summed E-state index contributed by atoms with van der Waals surface area (Å²) in [5, 5.41) is 11.7. The summed E-state index contributed by atoms with van der Waals surface area (Å²) in [4.78, 5) is 15.3. The molecule has 5 nitrogen and oxygen atoms in total. The van der Waals surface area contributed by atoms with Crippen molar-refractivity contribution in [2.45, 2.75) is 45.9 Å². The predicted molar refractivity (Wildman–Crippen MR) is 68.1 cm³/mol. The van der Waals surface area contributed by atoms with E-state index in [1.54, 1.807) is 18.3 Å². The van der Waals surface area contributed by atoms with E-state index < -0.39 is 12.0 Å². The highest BCUT2D eigenvalue weighted by molar-refractivity contribution is 5.79. The molecule has 0 fully saturated rings. The van der Waals surface area contributed by atoms with Gasteiger partial charge in [-0.1, -0.05) is 6.92 Å². The molecule has 2 unspecified atom stereocenters. The molecule has 1 heterocycles. The summed E-state index contributed by atoms with van der Waals surface area (Å²) >= 11 is 0. The van der Waals surface area contributed by atoms with Gasteiger partial charge in [-0.15, -0.1) is 0 Å². The molecule has 2 N–H and O–H groups in total. The Morgan fingerprint density at radius 3 is 2.89 bits per heavy atom. The minimum absolute atomic E-state index is 0.111. The van der Waals surface area contributed by atoms with Gasteiger partial charge >= 0.3 is 0 Å². The Bertz CT molecular complexity index is 394.